The van der Waals surface area contributed by atoms with Gasteiger partial charge in [-0.05, 0) is 18.2 Å². The third kappa shape index (κ3) is 1.42. The Morgan fingerprint density at radius 1 is 1.44 bits per heavy atom. The van der Waals surface area contributed by atoms with Gasteiger partial charge in [-0.3, -0.25) is 0 Å². The van der Waals surface area contributed by atoms with E-state index in [-0.39, 0.29) is 0 Å². The van der Waals surface area contributed by atoms with Gasteiger partial charge in [-0.1, -0.05) is 12.1 Å². The van der Waals surface area contributed by atoms with Crippen molar-refractivity contribution in [3.63, 3.8) is 0 Å². The maximum atomic E-state index is 12.3. The number of nitrogens with zero attached hydrogens (tertiary/aromatic N) is 1. The summed E-state index contributed by atoms with van der Waals surface area (Å²) >= 11 is 0. The molecular weight excluding hydrogens is 117 g/mol. The first-order chi connectivity index (χ1) is 4.30. The van der Waals surface area contributed by atoms with Crippen molar-refractivity contribution >= 4 is 5.69 Å². The van der Waals surface area contributed by atoms with Crippen LogP contribution >= 0.6 is 0 Å². The molecule has 0 N–H and O–H groups in total. The molecule has 1 rings (SSSR count). The highest BCUT2D eigenvalue weighted by atomic mass is 19.2. The Morgan fingerprint density at radius 3 is 2.33 bits per heavy atom. The van der Waals surface area contributed by atoms with Gasteiger partial charge < -0.3 is 0 Å². The molecule has 0 heterocycles. The summed E-state index contributed by atoms with van der Waals surface area (Å²) < 4.78 is 12.3. The minimum atomic E-state index is 0.550. The van der Waals surface area contributed by atoms with E-state index < -0.39 is 0 Å². The van der Waals surface area contributed by atoms with Gasteiger partial charge in [0.25, 0.3) is 0 Å². The molecule has 0 saturated carbocycles. The van der Waals surface area contributed by atoms with Gasteiger partial charge in [0.15, 0.2) is 0 Å². The van der Waals surface area contributed by atoms with Gasteiger partial charge in [0.2, 0.25) is 0 Å². The zero-order chi connectivity index (χ0) is 6.69. The highest BCUT2D eigenvalue weighted by Gasteiger charge is 1.92. The predicted molar refractivity (Wildman–Crippen MR) is 34.8 cm³/mol. The monoisotopic (exact) mass is 124 g/mol. The van der Waals surface area contributed by atoms with Crippen molar-refractivity contribution in [2.24, 2.45) is 0 Å². The second-order valence-corrected chi connectivity index (χ2v) is 1.74. The molecule has 0 aliphatic rings. The van der Waals surface area contributed by atoms with Crippen LogP contribution in [0.15, 0.2) is 24.3 Å². The van der Waals surface area contributed by atoms with Crippen LogP contribution in [0.25, 0.3) is 0 Å². The third-order valence-electron chi connectivity index (χ3n) is 1.06. The SMILES string of the molecule is CN(F)c1cc[c]cc1. The van der Waals surface area contributed by atoms with Crippen LogP contribution in [0, 0.1) is 6.07 Å². The van der Waals surface area contributed by atoms with Gasteiger partial charge in [-0.15, -0.1) is 4.48 Å². The Hall–Kier alpha value is -1.05. The molecule has 0 amide bonds. The fourth-order valence-corrected chi connectivity index (χ4v) is 0.584. The Labute approximate surface area is 53.7 Å². The minimum absolute atomic E-state index is 0.550. The Morgan fingerprint density at radius 2 is 2.00 bits per heavy atom. The lowest BCUT2D eigenvalue weighted by Crippen LogP contribution is -2.00. The molecule has 0 saturated heterocycles. The first kappa shape index (κ1) is 6.08. The van der Waals surface area contributed by atoms with Crippen molar-refractivity contribution in [2.45, 2.75) is 0 Å². The largest absolute Gasteiger partial charge is 0.215 e. The maximum absolute atomic E-state index is 12.3. The molecule has 0 spiro atoms. The maximum Gasteiger partial charge on any atom is 0.0684 e. The molecule has 1 radical (unpaired) electrons. The van der Waals surface area contributed by atoms with Crippen molar-refractivity contribution in [1.82, 2.24) is 0 Å². The molecule has 0 aliphatic carbocycles. The van der Waals surface area contributed by atoms with Crippen LogP contribution in [-0.2, 0) is 0 Å². The molecule has 0 aromatic heterocycles. The summed E-state index contributed by atoms with van der Waals surface area (Å²) in [7, 11) is 1.36. The highest BCUT2D eigenvalue weighted by Crippen LogP contribution is 2.09. The van der Waals surface area contributed by atoms with Gasteiger partial charge in [-0.25, -0.2) is 5.12 Å². The molecule has 47 valence electrons. The van der Waals surface area contributed by atoms with E-state index in [4.69, 9.17) is 0 Å². The molecule has 9 heavy (non-hydrogen) atoms. The number of hydrogen-bond donors (Lipinski definition) is 0. The Bertz CT molecular complexity index is 172. The van der Waals surface area contributed by atoms with Crippen molar-refractivity contribution in [1.29, 1.82) is 0 Å². The van der Waals surface area contributed by atoms with Crippen molar-refractivity contribution in [3.05, 3.63) is 30.3 Å². The van der Waals surface area contributed by atoms with Gasteiger partial charge in [0.1, 0.15) is 0 Å². The molecule has 0 bridgehead atoms. The minimum Gasteiger partial charge on any atom is -0.215 e. The zero-order valence-corrected chi connectivity index (χ0v) is 5.13. The third-order valence-corrected chi connectivity index (χ3v) is 1.06. The fraction of sp³-hybridized carbons (Fsp3) is 0.143. The van der Waals surface area contributed by atoms with Crippen LogP contribution in [0.2, 0.25) is 0 Å². The molecule has 0 unspecified atom stereocenters. The molecular formula is C7H7FN. The number of halogens is 1. The Balaban J connectivity index is 2.85. The summed E-state index contributed by atoms with van der Waals surface area (Å²) in [6, 6.07) is 9.44. The van der Waals surface area contributed by atoms with E-state index in [9.17, 15) is 4.48 Å². The summed E-state index contributed by atoms with van der Waals surface area (Å²) in [5.41, 5.74) is 0.550. The standard InChI is InChI=1S/C7H7FN/c1-9(8)7-5-3-2-4-6-7/h3-6H,1H3. The molecule has 0 atom stereocenters. The first-order valence-corrected chi connectivity index (χ1v) is 2.66. The smallest absolute Gasteiger partial charge is 0.0684 e. The molecule has 0 fully saturated rings. The van der Waals surface area contributed by atoms with Crippen LogP contribution in [-0.4, -0.2) is 7.05 Å². The van der Waals surface area contributed by atoms with E-state index in [2.05, 4.69) is 6.07 Å². The summed E-state index contributed by atoms with van der Waals surface area (Å²) in [6.45, 7) is 0. The van der Waals surface area contributed by atoms with E-state index in [0.29, 0.717) is 10.8 Å². The number of benzene rings is 1. The van der Waals surface area contributed by atoms with Crippen LogP contribution < -0.4 is 5.12 Å². The highest BCUT2D eigenvalue weighted by molar-refractivity contribution is 5.41. The second-order valence-electron chi connectivity index (χ2n) is 1.74. The molecule has 2 heteroatoms. The topological polar surface area (TPSA) is 3.24 Å². The normalized spacial score (nSPS) is 9.11. The lowest BCUT2D eigenvalue weighted by atomic mass is 10.3. The van der Waals surface area contributed by atoms with E-state index in [0.717, 1.165) is 0 Å². The van der Waals surface area contributed by atoms with E-state index in [1.54, 1.807) is 24.3 Å². The van der Waals surface area contributed by atoms with E-state index in [1.165, 1.54) is 7.05 Å². The van der Waals surface area contributed by atoms with Crippen LogP contribution in [0.3, 0.4) is 0 Å². The van der Waals surface area contributed by atoms with Crippen LogP contribution in [0.5, 0.6) is 0 Å². The first-order valence-electron chi connectivity index (χ1n) is 2.66. The summed E-state index contributed by atoms with van der Waals surface area (Å²) in [4.78, 5) is 0. The van der Waals surface area contributed by atoms with Crippen molar-refractivity contribution in [3.8, 4) is 0 Å². The summed E-state index contributed by atoms with van der Waals surface area (Å²) in [5.74, 6) is 0. The van der Waals surface area contributed by atoms with Crippen molar-refractivity contribution in [2.75, 3.05) is 12.2 Å². The average molecular weight is 124 g/mol. The van der Waals surface area contributed by atoms with E-state index >= 15 is 0 Å². The average Bonchev–Trinajstić information content (AvgIpc) is 1.90. The van der Waals surface area contributed by atoms with Gasteiger partial charge in [-0.2, -0.15) is 0 Å². The van der Waals surface area contributed by atoms with Crippen LogP contribution in [0.4, 0.5) is 10.2 Å². The van der Waals surface area contributed by atoms with Crippen molar-refractivity contribution < 1.29 is 4.48 Å². The molecule has 1 nitrogen and oxygen atoms in total. The lowest BCUT2D eigenvalue weighted by molar-refractivity contribution is 0.476. The number of rotatable bonds is 1. The van der Waals surface area contributed by atoms with Gasteiger partial charge >= 0.3 is 0 Å². The second kappa shape index (κ2) is 2.49. The van der Waals surface area contributed by atoms with E-state index in [1.807, 2.05) is 0 Å². The lowest BCUT2D eigenvalue weighted by Gasteiger charge is -2.04. The fourth-order valence-electron chi connectivity index (χ4n) is 0.584. The predicted octanol–water partition coefficient (Wildman–Crippen LogP) is 1.81. The molecule has 1 aromatic rings. The van der Waals surface area contributed by atoms with Gasteiger partial charge in [0.05, 0.1) is 5.69 Å². The summed E-state index contributed by atoms with van der Waals surface area (Å²) in [5, 5.41) is 0.563. The van der Waals surface area contributed by atoms with Crippen LogP contribution in [0.1, 0.15) is 0 Å². The molecule has 1 aromatic carbocycles. The zero-order valence-electron chi connectivity index (χ0n) is 5.13. The number of anilines is 1. The Kier molecular flexibility index (Phi) is 1.68. The summed E-state index contributed by atoms with van der Waals surface area (Å²) in [6.07, 6.45) is 0. The van der Waals surface area contributed by atoms with Gasteiger partial charge in [0, 0.05) is 7.05 Å². The number of hydrogen-bond acceptors (Lipinski definition) is 1. The molecule has 0 aliphatic heterocycles. The quantitative estimate of drug-likeness (QED) is 0.516.